The molecule has 0 bridgehead atoms. The largest absolute Gasteiger partial charge is 0.362 e. The monoisotopic (exact) mass is 259 g/mol. The zero-order valence-corrected chi connectivity index (χ0v) is 10.2. The second-order valence-electron chi connectivity index (χ2n) is 2.86. The molecule has 0 atom stereocenters. The van der Waals surface area contributed by atoms with Crippen molar-refractivity contribution in [2.45, 2.75) is 6.92 Å². The summed E-state index contributed by atoms with van der Waals surface area (Å²) in [5, 5.41) is 7.31. The molecule has 86 valence electrons. The SMILES string of the molecule is CCNC(=S)N/N=C\c1c(F)cccc1Cl. The molecule has 0 aromatic heterocycles. The topological polar surface area (TPSA) is 36.4 Å². The molecule has 2 N–H and O–H groups in total. The second kappa shape index (κ2) is 6.40. The number of thiocarbonyl (C=S) groups is 1. The average molecular weight is 260 g/mol. The smallest absolute Gasteiger partial charge is 0.186 e. The summed E-state index contributed by atoms with van der Waals surface area (Å²) >= 11 is 10.7. The lowest BCUT2D eigenvalue weighted by atomic mass is 10.2. The van der Waals surface area contributed by atoms with E-state index in [-0.39, 0.29) is 5.56 Å². The van der Waals surface area contributed by atoms with Crippen LogP contribution in [0.15, 0.2) is 23.3 Å². The van der Waals surface area contributed by atoms with E-state index in [2.05, 4.69) is 15.8 Å². The molecule has 3 nitrogen and oxygen atoms in total. The van der Waals surface area contributed by atoms with Crippen LogP contribution in [0.3, 0.4) is 0 Å². The van der Waals surface area contributed by atoms with Gasteiger partial charge in [0.2, 0.25) is 0 Å². The Morgan fingerprint density at radius 2 is 2.38 bits per heavy atom. The molecule has 6 heteroatoms. The summed E-state index contributed by atoms with van der Waals surface area (Å²) in [6.45, 7) is 2.60. The Labute approximate surface area is 104 Å². The highest BCUT2D eigenvalue weighted by atomic mass is 35.5. The lowest BCUT2D eigenvalue weighted by Crippen LogP contribution is -2.31. The number of benzene rings is 1. The maximum Gasteiger partial charge on any atom is 0.186 e. The molecule has 0 aliphatic carbocycles. The van der Waals surface area contributed by atoms with Crippen molar-refractivity contribution in [1.29, 1.82) is 0 Å². The molecule has 0 saturated carbocycles. The van der Waals surface area contributed by atoms with Gasteiger partial charge in [0, 0.05) is 12.1 Å². The average Bonchev–Trinajstić information content (AvgIpc) is 2.23. The van der Waals surface area contributed by atoms with Crippen molar-refractivity contribution < 1.29 is 4.39 Å². The predicted molar refractivity (Wildman–Crippen MR) is 68.4 cm³/mol. The number of nitrogens with zero attached hydrogens (tertiary/aromatic N) is 1. The van der Waals surface area contributed by atoms with Crippen molar-refractivity contribution in [3.05, 3.63) is 34.6 Å². The quantitative estimate of drug-likeness (QED) is 0.497. The molecular formula is C10H11ClFN3S. The minimum Gasteiger partial charge on any atom is -0.362 e. The molecule has 0 radical (unpaired) electrons. The normalized spacial score (nSPS) is 10.4. The number of rotatable bonds is 3. The summed E-state index contributed by atoms with van der Waals surface area (Å²) in [7, 11) is 0. The van der Waals surface area contributed by atoms with E-state index in [1.807, 2.05) is 6.92 Å². The molecule has 0 unspecified atom stereocenters. The molecule has 16 heavy (non-hydrogen) atoms. The van der Waals surface area contributed by atoms with E-state index in [4.69, 9.17) is 23.8 Å². The van der Waals surface area contributed by atoms with E-state index < -0.39 is 5.82 Å². The van der Waals surface area contributed by atoms with Gasteiger partial charge in [0.15, 0.2) is 5.11 Å². The van der Waals surface area contributed by atoms with Crippen LogP contribution in [-0.4, -0.2) is 17.9 Å². The molecule has 0 aliphatic rings. The van der Waals surface area contributed by atoms with Crippen LogP contribution in [0.5, 0.6) is 0 Å². The third-order valence-electron chi connectivity index (χ3n) is 1.70. The Morgan fingerprint density at radius 3 is 3.00 bits per heavy atom. The first-order valence-electron chi connectivity index (χ1n) is 4.66. The maximum atomic E-state index is 13.3. The number of hydrogen-bond acceptors (Lipinski definition) is 2. The zero-order valence-electron chi connectivity index (χ0n) is 8.63. The molecule has 0 saturated heterocycles. The van der Waals surface area contributed by atoms with Gasteiger partial charge in [-0.1, -0.05) is 17.7 Å². The van der Waals surface area contributed by atoms with E-state index in [0.717, 1.165) is 0 Å². The van der Waals surface area contributed by atoms with Crippen LogP contribution < -0.4 is 10.7 Å². The Bertz CT molecular complexity index is 389. The zero-order chi connectivity index (χ0) is 12.0. The number of hydrazone groups is 1. The predicted octanol–water partition coefficient (Wildman–Crippen LogP) is 2.30. The molecule has 1 rings (SSSR count). The van der Waals surface area contributed by atoms with E-state index >= 15 is 0 Å². The van der Waals surface area contributed by atoms with Gasteiger partial charge >= 0.3 is 0 Å². The lowest BCUT2D eigenvalue weighted by Gasteiger charge is -2.03. The van der Waals surface area contributed by atoms with Crippen LogP contribution >= 0.6 is 23.8 Å². The van der Waals surface area contributed by atoms with Gasteiger partial charge in [0.05, 0.1) is 11.2 Å². The maximum absolute atomic E-state index is 13.3. The van der Waals surface area contributed by atoms with Crippen molar-refractivity contribution in [2.75, 3.05) is 6.54 Å². The molecule has 0 spiro atoms. The highest BCUT2D eigenvalue weighted by Gasteiger charge is 2.03. The fourth-order valence-corrected chi connectivity index (χ4v) is 1.40. The van der Waals surface area contributed by atoms with Crippen molar-refractivity contribution >= 4 is 35.1 Å². The molecule has 0 fully saturated rings. The molecule has 1 aromatic rings. The first-order chi connectivity index (χ1) is 7.65. The van der Waals surface area contributed by atoms with Crippen LogP contribution in [0.1, 0.15) is 12.5 Å². The highest BCUT2D eigenvalue weighted by Crippen LogP contribution is 2.16. The van der Waals surface area contributed by atoms with Gasteiger partial charge in [0.1, 0.15) is 5.82 Å². The Balaban J connectivity index is 2.66. The standard InChI is InChI=1S/C10H11ClFN3S/c1-2-13-10(16)15-14-6-7-8(11)4-3-5-9(7)12/h3-6H,2H2,1H3,(H2,13,15,16)/b14-6-. The summed E-state index contributed by atoms with van der Waals surface area (Å²) in [4.78, 5) is 0. The summed E-state index contributed by atoms with van der Waals surface area (Å²) < 4.78 is 13.3. The van der Waals surface area contributed by atoms with Crippen molar-refractivity contribution in [1.82, 2.24) is 10.7 Å². The minimum absolute atomic E-state index is 0.232. The van der Waals surface area contributed by atoms with E-state index in [1.54, 1.807) is 6.07 Å². The Hall–Kier alpha value is -1.20. The fourth-order valence-electron chi connectivity index (χ4n) is 0.990. The van der Waals surface area contributed by atoms with Crippen molar-refractivity contribution in [2.24, 2.45) is 5.10 Å². The summed E-state index contributed by atoms with van der Waals surface area (Å²) in [6, 6.07) is 4.44. The van der Waals surface area contributed by atoms with Crippen LogP contribution in [0.2, 0.25) is 5.02 Å². The summed E-state index contributed by atoms with van der Waals surface area (Å²) in [5.74, 6) is -0.424. The number of halogens is 2. The van der Waals surface area contributed by atoms with Gasteiger partial charge in [-0.25, -0.2) is 4.39 Å². The second-order valence-corrected chi connectivity index (χ2v) is 3.68. The van der Waals surface area contributed by atoms with E-state index in [0.29, 0.717) is 16.7 Å². The van der Waals surface area contributed by atoms with E-state index in [1.165, 1.54) is 18.3 Å². The van der Waals surface area contributed by atoms with Crippen LogP contribution in [0.25, 0.3) is 0 Å². The van der Waals surface area contributed by atoms with E-state index in [9.17, 15) is 4.39 Å². The van der Waals surface area contributed by atoms with Gasteiger partial charge in [0.25, 0.3) is 0 Å². The lowest BCUT2D eigenvalue weighted by molar-refractivity contribution is 0.626. The third kappa shape index (κ3) is 3.75. The van der Waals surface area contributed by atoms with Gasteiger partial charge in [-0.05, 0) is 31.3 Å². The highest BCUT2D eigenvalue weighted by molar-refractivity contribution is 7.80. The van der Waals surface area contributed by atoms with Gasteiger partial charge in [-0.15, -0.1) is 0 Å². The first kappa shape index (κ1) is 12.9. The first-order valence-corrected chi connectivity index (χ1v) is 5.44. The van der Waals surface area contributed by atoms with Gasteiger partial charge in [-0.2, -0.15) is 5.10 Å². The van der Waals surface area contributed by atoms with Crippen LogP contribution in [0.4, 0.5) is 4.39 Å². The third-order valence-corrected chi connectivity index (χ3v) is 2.26. The Kier molecular flexibility index (Phi) is 5.14. The Morgan fingerprint density at radius 1 is 1.62 bits per heavy atom. The molecule has 0 amide bonds. The number of nitrogens with one attached hydrogen (secondary N) is 2. The van der Waals surface area contributed by atoms with Gasteiger partial charge in [-0.3, -0.25) is 5.43 Å². The molecule has 0 heterocycles. The van der Waals surface area contributed by atoms with Crippen molar-refractivity contribution in [3.63, 3.8) is 0 Å². The molecule has 1 aromatic carbocycles. The molecular weight excluding hydrogens is 249 g/mol. The van der Waals surface area contributed by atoms with Crippen LogP contribution in [0, 0.1) is 5.82 Å². The molecule has 0 aliphatic heterocycles. The van der Waals surface area contributed by atoms with Gasteiger partial charge < -0.3 is 5.32 Å². The summed E-state index contributed by atoms with van der Waals surface area (Å²) in [5.41, 5.74) is 2.78. The van der Waals surface area contributed by atoms with Crippen LogP contribution in [-0.2, 0) is 0 Å². The minimum atomic E-state index is -0.424. The fraction of sp³-hybridized carbons (Fsp3) is 0.200. The van der Waals surface area contributed by atoms with Crippen molar-refractivity contribution in [3.8, 4) is 0 Å². The summed E-state index contributed by atoms with van der Waals surface area (Å²) in [6.07, 6.45) is 1.29. The number of hydrogen-bond donors (Lipinski definition) is 2.